The fourth-order valence-electron chi connectivity index (χ4n) is 1.23. The highest BCUT2D eigenvalue weighted by molar-refractivity contribution is 5.47. The lowest BCUT2D eigenvalue weighted by atomic mass is 10.1. The molecule has 0 aliphatic heterocycles. The summed E-state index contributed by atoms with van der Waals surface area (Å²) in [5.41, 5.74) is 5.85. The molecule has 0 radical (unpaired) electrons. The first kappa shape index (κ1) is 11.6. The highest BCUT2D eigenvalue weighted by Crippen LogP contribution is 2.04. The minimum Gasteiger partial charge on any atom is -0.125 e. The van der Waals surface area contributed by atoms with Crippen molar-refractivity contribution in [2.45, 2.75) is 26.7 Å². The smallest absolute Gasteiger partial charge is 0.0131 e. The molecule has 0 nitrogen and oxygen atoms in total. The van der Waals surface area contributed by atoms with Gasteiger partial charge in [0.05, 0.1) is 0 Å². The van der Waals surface area contributed by atoms with E-state index in [1.165, 1.54) is 11.1 Å². The Hall–Kier alpha value is -1.52. The minimum absolute atomic E-state index is 1.07. The van der Waals surface area contributed by atoms with Gasteiger partial charge in [-0.25, -0.2) is 0 Å². The molecule has 0 bridgehead atoms. The second-order valence-electron chi connectivity index (χ2n) is 3.60. The molecule has 0 aliphatic rings. The van der Waals surface area contributed by atoms with Gasteiger partial charge in [-0.15, -0.1) is 5.73 Å². The molecule has 78 valence electrons. The van der Waals surface area contributed by atoms with Gasteiger partial charge in [0.25, 0.3) is 0 Å². The summed E-state index contributed by atoms with van der Waals surface area (Å²) in [6.45, 7) is 4.24. The third-order valence-corrected chi connectivity index (χ3v) is 2.34. The van der Waals surface area contributed by atoms with E-state index >= 15 is 0 Å². The number of benzene rings is 1. The third-order valence-electron chi connectivity index (χ3n) is 2.34. The van der Waals surface area contributed by atoms with Gasteiger partial charge < -0.3 is 0 Å². The topological polar surface area (TPSA) is 0 Å². The first-order valence-corrected chi connectivity index (χ1v) is 5.40. The summed E-state index contributed by atoms with van der Waals surface area (Å²) in [5, 5.41) is 0. The molecule has 0 aliphatic carbocycles. The Morgan fingerprint density at radius 3 is 2.67 bits per heavy atom. The average molecular weight is 198 g/mol. The molecule has 0 spiro atoms. The standard InChI is InChI=1S/C15H18/c1-3-14(2)10-6-4-7-11-15-12-8-5-9-13-15/h3-5,8-9,11-13H,6,10H2,1-2H3/b14-3+. The van der Waals surface area contributed by atoms with Gasteiger partial charge in [-0.1, -0.05) is 42.0 Å². The van der Waals surface area contributed by atoms with Crippen molar-refractivity contribution in [3.05, 3.63) is 59.4 Å². The van der Waals surface area contributed by atoms with Gasteiger partial charge in [0, 0.05) is 0 Å². The zero-order valence-corrected chi connectivity index (χ0v) is 9.53. The Kier molecular flexibility index (Phi) is 5.29. The van der Waals surface area contributed by atoms with E-state index in [4.69, 9.17) is 0 Å². The van der Waals surface area contributed by atoms with Gasteiger partial charge in [-0.05, 0) is 44.4 Å². The highest BCUT2D eigenvalue weighted by Gasteiger charge is 1.84. The molecular weight excluding hydrogens is 180 g/mol. The van der Waals surface area contributed by atoms with Crippen molar-refractivity contribution in [2.75, 3.05) is 0 Å². The molecule has 0 heteroatoms. The molecule has 1 rings (SSSR count). The molecule has 0 amide bonds. The van der Waals surface area contributed by atoms with Crippen LogP contribution in [0.4, 0.5) is 0 Å². The van der Waals surface area contributed by atoms with Crippen molar-refractivity contribution in [2.24, 2.45) is 0 Å². The molecule has 0 saturated carbocycles. The maximum atomic E-state index is 3.20. The summed E-state index contributed by atoms with van der Waals surface area (Å²) in [6, 6.07) is 10.3. The van der Waals surface area contributed by atoms with Crippen LogP contribution in [-0.4, -0.2) is 0 Å². The first-order valence-electron chi connectivity index (χ1n) is 5.40. The number of hydrogen-bond donors (Lipinski definition) is 0. The van der Waals surface area contributed by atoms with Crippen LogP contribution in [0.15, 0.2) is 53.8 Å². The van der Waals surface area contributed by atoms with E-state index in [0.717, 1.165) is 12.8 Å². The Labute approximate surface area is 92.6 Å². The van der Waals surface area contributed by atoms with E-state index in [2.05, 4.69) is 43.9 Å². The van der Waals surface area contributed by atoms with Crippen LogP contribution in [0, 0.1) is 0 Å². The lowest BCUT2D eigenvalue weighted by Gasteiger charge is -1.92. The number of hydrogen-bond acceptors (Lipinski definition) is 0. The van der Waals surface area contributed by atoms with Gasteiger partial charge in [-0.2, -0.15) is 0 Å². The molecule has 0 heterocycles. The van der Waals surface area contributed by atoms with Crippen LogP contribution < -0.4 is 0 Å². The van der Waals surface area contributed by atoms with E-state index in [9.17, 15) is 0 Å². The number of allylic oxidation sites excluding steroid dienone is 3. The van der Waals surface area contributed by atoms with Crippen molar-refractivity contribution in [1.82, 2.24) is 0 Å². The van der Waals surface area contributed by atoms with Gasteiger partial charge in [0.15, 0.2) is 0 Å². The monoisotopic (exact) mass is 198 g/mol. The fourth-order valence-corrected chi connectivity index (χ4v) is 1.23. The van der Waals surface area contributed by atoms with Crippen molar-refractivity contribution in [3.8, 4) is 0 Å². The van der Waals surface area contributed by atoms with Crippen LogP contribution in [0.2, 0.25) is 0 Å². The van der Waals surface area contributed by atoms with Crippen molar-refractivity contribution >= 4 is 6.08 Å². The molecule has 0 saturated heterocycles. The van der Waals surface area contributed by atoms with E-state index in [0.29, 0.717) is 0 Å². The molecule has 15 heavy (non-hydrogen) atoms. The quantitative estimate of drug-likeness (QED) is 0.490. The summed E-state index contributed by atoms with van der Waals surface area (Å²) in [6.07, 6.45) is 8.48. The van der Waals surface area contributed by atoms with Crippen LogP contribution in [0.25, 0.3) is 6.08 Å². The van der Waals surface area contributed by atoms with Crippen LogP contribution in [0.1, 0.15) is 32.3 Å². The lowest BCUT2D eigenvalue weighted by Crippen LogP contribution is -1.72. The van der Waals surface area contributed by atoms with E-state index in [1.807, 2.05) is 24.3 Å². The third kappa shape index (κ3) is 5.05. The van der Waals surface area contributed by atoms with Gasteiger partial charge in [0.2, 0.25) is 0 Å². The zero-order chi connectivity index (χ0) is 10.9. The second-order valence-corrected chi connectivity index (χ2v) is 3.60. The summed E-state index contributed by atoms with van der Waals surface area (Å²) in [4.78, 5) is 0. The van der Waals surface area contributed by atoms with E-state index in [-0.39, 0.29) is 0 Å². The van der Waals surface area contributed by atoms with Gasteiger partial charge in [0.1, 0.15) is 0 Å². The highest BCUT2D eigenvalue weighted by atomic mass is 13.9. The Balaban J connectivity index is 2.42. The van der Waals surface area contributed by atoms with Crippen LogP contribution in [0.5, 0.6) is 0 Å². The zero-order valence-electron chi connectivity index (χ0n) is 9.53. The van der Waals surface area contributed by atoms with Crippen LogP contribution in [0.3, 0.4) is 0 Å². The van der Waals surface area contributed by atoms with Crippen LogP contribution >= 0.6 is 0 Å². The molecule has 0 atom stereocenters. The van der Waals surface area contributed by atoms with Crippen molar-refractivity contribution < 1.29 is 0 Å². The predicted molar refractivity (Wildman–Crippen MR) is 67.7 cm³/mol. The Bertz CT molecular complexity index is 362. The van der Waals surface area contributed by atoms with Gasteiger partial charge >= 0.3 is 0 Å². The number of rotatable bonds is 4. The summed E-state index contributed by atoms with van der Waals surface area (Å²) >= 11 is 0. The molecule has 0 N–H and O–H groups in total. The van der Waals surface area contributed by atoms with E-state index < -0.39 is 0 Å². The first-order chi connectivity index (χ1) is 7.33. The average Bonchev–Trinajstić information content (AvgIpc) is 2.29. The molecule has 1 aromatic carbocycles. The van der Waals surface area contributed by atoms with Crippen LogP contribution in [-0.2, 0) is 0 Å². The molecule has 0 aromatic heterocycles. The normalized spacial score (nSPS) is 10.7. The summed E-state index contributed by atoms with van der Waals surface area (Å²) in [5.74, 6) is 0. The molecule has 0 unspecified atom stereocenters. The SMILES string of the molecule is C/C=C(\C)CCC=C=Cc1ccccc1. The minimum atomic E-state index is 1.07. The summed E-state index contributed by atoms with van der Waals surface area (Å²) in [7, 11) is 0. The molecule has 0 fully saturated rings. The molecule has 1 aromatic rings. The van der Waals surface area contributed by atoms with E-state index in [1.54, 1.807) is 0 Å². The van der Waals surface area contributed by atoms with Crippen molar-refractivity contribution in [3.63, 3.8) is 0 Å². The molecular formula is C15H18. The van der Waals surface area contributed by atoms with Gasteiger partial charge in [-0.3, -0.25) is 0 Å². The maximum absolute atomic E-state index is 3.20. The Morgan fingerprint density at radius 2 is 2.00 bits per heavy atom. The fraction of sp³-hybridized carbons (Fsp3) is 0.267. The summed E-state index contributed by atoms with van der Waals surface area (Å²) < 4.78 is 0. The largest absolute Gasteiger partial charge is 0.125 e. The Morgan fingerprint density at radius 1 is 1.27 bits per heavy atom. The predicted octanol–water partition coefficient (Wildman–Crippen LogP) is 4.60. The maximum Gasteiger partial charge on any atom is -0.0131 e. The van der Waals surface area contributed by atoms with Crippen molar-refractivity contribution in [1.29, 1.82) is 0 Å². The lowest BCUT2D eigenvalue weighted by molar-refractivity contribution is 0.976. The second kappa shape index (κ2) is 6.86.